The maximum absolute atomic E-state index is 11.0. The van der Waals surface area contributed by atoms with E-state index in [0.29, 0.717) is 0 Å². The Balaban J connectivity index is 2.74. The van der Waals surface area contributed by atoms with E-state index >= 15 is 0 Å². The Morgan fingerprint density at radius 2 is 2.29 bits per heavy atom. The number of H-pyrrole nitrogens is 1. The summed E-state index contributed by atoms with van der Waals surface area (Å²) in [5.41, 5.74) is -0.0968. The van der Waals surface area contributed by atoms with Gasteiger partial charge >= 0.3 is 5.97 Å². The predicted octanol–water partition coefficient (Wildman–Crippen LogP) is 0.955. The van der Waals surface area contributed by atoms with Gasteiger partial charge in [0.1, 0.15) is 5.69 Å². The standard InChI is InChI=1S/C7H6BrN3O3/c1-3(8)6(12)9-5-2-4(7(13)14)10-11-5/h2H,1H2,(H,13,14)(H2,9,10,11,12). The Hall–Kier alpha value is -1.63. The molecule has 0 aliphatic rings. The summed E-state index contributed by atoms with van der Waals surface area (Å²) in [4.78, 5) is 21.5. The lowest BCUT2D eigenvalue weighted by atomic mass is 10.4. The summed E-state index contributed by atoms with van der Waals surface area (Å²) in [6.45, 7) is 3.34. The quantitative estimate of drug-likeness (QED) is 0.705. The van der Waals surface area contributed by atoms with Crippen molar-refractivity contribution in [2.75, 3.05) is 5.32 Å². The first-order chi connectivity index (χ1) is 6.50. The van der Waals surface area contributed by atoms with Gasteiger partial charge in [0.2, 0.25) is 0 Å². The van der Waals surface area contributed by atoms with E-state index < -0.39 is 11.9 Å². The number of rotatable bonds is 3. The molecule has 74 valence electrons. The lowest BCUT2D eigenvalue weighted by Crippen LogP contribution is -2.10. The highest BCUT2D eigenvalue weighted by Gasteiger charge is 2.10. The van der Waals surface area contributed by atoms with E-state index in [0.717, 1.165) is 0 Å². The molecule has 0 unspecified atom stereocenters. The zero-order chi connectivity index (χ0) is 10.7. The van der Waals surface area contributed by atoms with Gasteiger partial charge in [0.25, 0.3) is 5.91 Å². The number of nitrogens with zero attached hydrogens (tertiary/aromatic N) is 1. The number of carboxylic acids is 1. The van der Waals surface area contributed by atoms with Crippen molar-refractivity contribution in [2.45, 2.75) is 0 Å². The second-order valence-electron chi connectivity index (χ2n) is 2.33. The van der Waals surface area contributed by atoms with E-state index in [9.17, 15) is 9.59 Å². The van der Waals surface area contributed by atoms with Crippen molar-refractivity contribution >= 4 is 33.6 Å². The van der Waals surface area contributed by atoms with E-state index in [1.54, 1.807) is 0 Å². The lowest BCUT2D eigenvalue weighted by Gasteiger charge is -1.96. The topological polar surface area (TPSA) is 95.1 Å². The molecule has 1 amide bonds. The maximum Gasteiger partial charge on any atom is 0.353 e. The van der Waals surface area contributed by atoms with Gasteiger partial charge in [-0.1, -0.05) is 6.58 Å². The summed E-state index contributed by atoms with van der Waals surface area (Å²) in [5.74, 6) is -1.49. The Bertz CT molecular complexity index is 399. The fraction of sp³-hybridized carbons (Fsp3) is 0. The minimum absolute atomic E-state index is 0.0968. The maximum atomic E-state index is 11.0. The van der Waals surface area contributed by atoms with Crippen LogP contribution in [0.15, 0.2) is 17.1 Å². The van der Waals surface area contributed by atoms with Gasteiger partial charge in [-0.25, -0.2) is 4.79 Å². The third kappa shape index (κ3) is 2.43. The number of carbonyl (C=O) groups is 2. The number of nitrogens with one attached hydrogen (secondary N) is 2. The van der Waals surface area contributed by atoms with Crippen LogP contribution in [0.25, 0.3) is 0 Å². The molecule has 6 nitrogen and oxygen atoms in total. The number of carboxylic acid groups (broad SMARTS) is 1. The Kier molecular flexibility index (Phi) is 3.03. The van der Waals surface area contributed by atoms with Crippen LogP contribution in [0, 0.1) is 0 Å². The van der Waals surface area contributed by atoms with Crippen LogP contribution in [0.2, 0.25) is 0 Å². The van der Waals surface area contributed by atoms with Crippen LogP contribution in [0.3, 0.4) is 0 Å². The largest absolute Gasteiger partial charge is 0.477 e. The third-order valence-corrected chi connectivity index (χ3v) is 1.66. The molecule has 1 aromatic heterocycles. The lowest BCUT2D eigenvalue weighted by molar-refractivity contribution is -0.112. The van der Waals surface area contributed by atoms with Crippen molar-refractivity contribution in [2.24, 2.45) is 0 Å². The van der Waals surface area contributed by atoms with E-state index in [1.807, 2.05) is 0 Å². The highest BCUT2D eigenvalue weighted by atomic mass is 79.9. The van der Waals surface area contributed by atoms with E-state index in [4.69, 9.17) is 5.11 Å². The van der Waals surface area contributed by atoms with Crippen LogP contribution in [0.1, 0.15) is 10.5 Å². The molecule has 0 spiro atoms. The number of halogens is 1. The van der Waals surface area contributed by atoms with Gasteiger partial charge in [0.15, 0.2) is 5.82 Å². The third-order valence-electron chi connectivity index (χ3n) is 1.30. The zero-order valence-corrected chi connectivity index (χ0v) is 8.46. The molecule has 1 aromatic rings. The number of aromatic carboxylic acids is 1. The fourth-order valence-electron chi connectivity index (χ4n) is 0.679. The van der Waals surface area contributed by atoms with Crippen LogP contribution >= 0.6 is 15.9 Å². The summed E-state index contributed by atoms with van der Waals surface area (Å²) >= 11 is 2.87. The van der Waals surface area contributed by atoms with Crippen LogP contribution in [-0.4, -0.2) is 27.2 Å². The van der Waals surface area contributed by atoms with Gasteiger partial charge in [-0.2, -0.15) is 5.10 Å². The summed E-state index contributed by atoms with van der Waals surface area (Å²) in [7, 11) is 0. The van der Waals surface area contributed by atoms with Crippen molar-refractivity contribution in [3.8, 4) is 0 Å². The molecule has 0 fully saturated rings. The molecular weight excluding hydrogens is 254 g/mol. The molecule has 0 aliphatic heterocycles. The van der Waals surface area contributed by atoms with Crippen LogP contribution in [0.5, 0.6) is 0 Å². The van der Waals surface area contributed by atoms with Crippen molar-refractivity contribution in [1.29, 1.82) is 0 Å². The van der Waals surface area contributed by atoms with Crippen molar-refractivity contribution in [1.82, 2.24) is 10.2 Å². The summed E-state index contributed by atoms with van der Waals surface area (Å²) < 4.78 is 0.136. The summed E-state index contributed by atoms with van der Waals surface area (Å²) in [6, 6.07) is 1.20. The van der Waals surface area contributed by atoms with Crippen molar-refractivity contribution < 1.29 is 14.7 Å². The monoisotopic (exact) mass is 259 g/mol. The Labute approximate surface area is 87.1 Å². The van der Waals surface area contributed by atoms with Gasteiger partial charge in [-0.3, -0.25) is 9.89 Å². The molecule has 0 bridgehead atoms. The fourth-order valence-corrected chi connectivity index (χ4v) is 0.779. The average Bonchev–Trinajstić information content (AvgIpc) is 2.52. The number of amides is 1. The van der Waals surface area contributed by atoms with Crippen molar-refractivity contribution in [3.05, 3.63) is 22.8 Å². The minimum atomic E-state index is -1.14. The molecule has 1 heterocycles. The second kappa shape index (κ2) is 4.05. The van der Waals surface area contributed by atoms with E-state index in [2.05, 4.69) is 38.0 Å². The molecule has 0 atom stereocenters. The molecule has 0 aliphatic carbocycles. The summed E-state index contributed by atoms with van der Waals surface area (Å²) in [5, 5.41) is 16.7. The molecule has 0 saturated carbocycles. The van der Waals surface area contributed by atoms with E-state index in [-0.39, 0.29) is 16.0 Å². The van der Waals surface area contributed by atoms with Gasteiger partial charge < -0.3 is 10.4 Å². The SMILES string of the molecule is C=C(Br)C(=O)Nc1cc(C(=O)O)[nH]n1. The van der Waals surface area contributed by atoms with E-state index in [1.165, 1.54) is 6.07 Å². The second-order valence-corrected chi connectivity index (χ2v) is 3.29. The van der Waals surface area contributed by atoms with Crippen LogP contribution in [0.4, 0.5) is 5.82 Å². The van der Waals surface area contributed by atoms with Gasteiger partial charge in [0.05, 0.1) is 4.48 Å². The number of hydrogen-bond donors (Lipinski definition) is 3. The number of anilines is 1. The number of aromatic nitrogens is 2. The Morgan fingerprint density at radius 3 is 2.71 bits per heavy atom. The number of aromatic amines is 1. The molecule has 14 heavy (non-hydrogen) atoms. The minimum Gasteiger partial charge on any atom is -0.477 e. The first kappa shape index (κ1) is 10.5. The van der Waals surface area contributed by atoms with Crippen LogP contribution in [-0.2, 0) is 4.79 Å². The number of carbonyl (C=O) groups excluding carboxylic acids is 1. The van der Waals surface area contributed by atoms with Crippen molar-refractivity contribution in [3.63, 3.8) is 0 Å². The predicted molar refractivity (Wildman–Crippen MR) is 52.2 cm³/mol. The van der Waals surface area contributed by atoms with Gasteiger partial charge in [-0.05, 0) is 15.9 Å². The van der Waals surface area contributed by atoms with Gasteiger partial charge in [0, 0.05) is 6.07 Å². The molecule has 1 rings (SSSR count). The molecule has 0 saturated heterocycles. The highest BCUT2D eigenvalue weighted by Crippen LogP contribution is 2.08. The smallest absolute Gasteiger partial charge is 0.353 e. The first-order valence-electron chi connectivity index (χ1n) is 3.45. The molecule has 0 radical (unpaired) electrons. The zero-order valence-electron chi connectivity index (χ0n) is 6.87. The molecular formula is C7H6BrN3O3. The summed E-state index contributed by atoms with van der Waals surface area (Å²) in [6.07, 6.45) is 0. The molecule has 0 aromatic carbocycles. The Morgan fingerprint density at radius 1 is 1.64 bits per heavy atom. The average molecular weight is 260 g/mol. The highest BCUT2D eigenvalue weighted by molar-refractivity contribution is 9.12. The molecule has 7 heteroatoms. The van der Waals surface area contributed by atoms with Gasteiger partial charge in [-0.15, -0.1) is 0 Å². The molecule has 3 N–H and O–H groups in total. The normalized spacial score (nSPS) is 9.50. The first-order valence-corrected chi connectivity index (χ1v) is 4.24. The number of hydrogen-bond acceptors (Lipinski definition) is 3. The van der Waals surface area contributed by atoms with Crippen LogP contribution < -0.4 is 5.32 Å².